The minimum atomic E-state index is -0.536. The van der Waals surface area contributed by atoms with Crippen LogP contribution in [0.2, 0.25) is 0 Å². The molecule has 72 valence electrons. The highest BCUT2D eigenvalue weighted by molar-refractivity contribution is 5.23. The zero-order chi connectivity index (χ0) is 10.1. The minimum Gasteiger partial charge on any atom is -0.505 e. The summed E-state index contributed by atoms with van der Waals surface area (Å²) in [4.78, 5) is 0. The number of allylic oxidation sites excluding steroid dienone is 3. The Balaban J connectivity index is 0. The van der Waals surface area contributed by atoms with Crippen molar-refractivity contribution in [3.8, 4) is 0 Å². The molecule has 0 fully saturated rings. The lowest BCUT2D eigenvalue weighted by Crippen LogP contribution is -1.84. The molecular formula is C10H19FO. The maximum Gasteiger partial charge on any atom is 0.149 e. The van der Waals surface area contributed by atoms with Crippen LogP contribution >= 0.6 is 0 Å². The van der Waals surface area contributed by atoms with Crippen molar-refractivity contribution in [2.24, 2.45) is 0 Å². The van der Waals surface area contributed by atoms with Gasteiger partial charge >= 0.3 is 0 Å². The molecule has 2 heteroatoms. The predicted octanol–water partition coefficient (Wildman–Crippen LogP) is 4.13. The summed E-state index contributed by atoms with van der Waals surface area (Å²) in [6, 6.07) is 0. The van der Waals surface area contributed by atoms with Gasteiger partial charge in [-0.05, 0) is 26.3 Å². The Bertz CT molecular complexity index is 165. The van der Waals surface area contributed by atoms with Crippen LogP contribution in [0.25, 0.3) is 0 Å². The summed E-state index contributed by atoms with van der Waals surface area (Å²) in [6.07, 6.45) is 2.90. The van der Waals surface area contributed by atoms with Crippen LogP contribution in [0.4, 0.5) is 4.39 Å². The van der Waals surface area contributed by atoms with Crippen LogP contribution in [0.5, 0.6) is 0 Å². The van der Waals surface area contributed by atoms with Gasteiger partial charge in [-0.15, -0.1) is 0 Å². The first-order valence-electron chi connectivity index (χ1n) is 4.19. The second-order valence-electron chi connectivity index (χ2n) is 2.56. The molecule has 0 unspecified atom stereocenters. The van der Waals surface area contributed by atoms with Gasteiger partial charge in [-0.25, -0.2) is 4.39 Å². The van der Waals surface area contributed by atoms with Crippen molar-refractivity contribution in [1.82, 2.24) is 0 Å². The van der Waals surface area contributed by atoms with E-state index in [0.717, 1.165) is 0 Å². The summed E-state index contributed by atoms with van der Waals surface area (Å²) in [6.45, 7) is 8.87. The fraction of sp³-hybridized carbons (Fsp3) is 0.600. The lowest BCUT2D eigenvalue weighted by Gasteiger charge is -1.96. The lowest BCUT2D eigenvalue weighted by atomic mass is 10.2. The Hall–Kier alpha value is -0.790. The van der Waals surface area contributed by atoms with E-state index in [1.165, 1.54) is 13.3 Å². The smallest absolute Gasteiger partial charge is 0.149 e. The van der Waals surface area contributed by atoms with Crippen LogP contribution in [-0.2, 0) is 0 Å². The summed E-state index contributed by atoms with van der Waals surface area (Å²) in [5.41, 5.74) is 0.565. The highest BCUT2D eigenvalue weighted by atomic mass is 19.1. The van der Waals surface area contributed by atoms with Gasteiger partial charge in [0.15, 0.2) is 0 Å². The molecule has 1 N–H and O–H groups in total. The third kappa shape index (κ3) is 7.32. The van der Waals surface area contributed by atoms with Crippen LogP contribution in [0.3, 0.4) is 0 Å². The molecule has 0 radical (unpaired) electrons. The summed E-state index contributed by atoms with van der Waals surface area (Å²) >= 11 is 0. The first-order chi connectivity index (χ1) is 5.51. The second kappa shape index (κ2) is 8.31. The zero-order valence-electron chi connectivity index (χ0n) is 8.61. The minimum absolute atomic E-state index is 0.252. The van der Waals surface area contributed by atoms with Crippen molar-refractivity contribution in [3.63, 3.8) is 0 Å². The van der Waals surface area contributed by atoms with Crippen molar-refractivity contribution in [2.45, 2.75) is 41.0 Å². The summed E-state index contributed by atoms with van der Waals surface area (Å²) in [7, 11) is 0. The van der Waals surface area contributed by atoms with Crippen LogP contribution < -0.4 is 0 Å². The molecule has 0 rings (SSSR count). The Morgan fingerprint density at radius 2 is 1.67 bits per heavy atom. The van der Waals surface area contributed by atoms with E-state index in [2.05, 4.69) is 13.8 Å². The van der Waals surface area contributed by atoms with E-state index in [9.17, 15) is 4.39 Å². The molecule has 0 saturated carbocycles. The third-order valence-corrected chi connectivity index (χ3v) is 1.13. The molecule has 12 heavy (non-hydrogen) atoms. The fourth-order valence-corrected chi connectivity index (χ4v) is 0.408. The van der Waals surface area contributed by atoms with Gasteiger partial charge in [0.1, 0.15) is 11.6 Å². The van der Waals surface area contributed by atoms with Gasteiger partial charge in [-0.3, -0.25) is 0 Å². The van der Waals surface area contributed by atoms with Gasteiger partial charge in [0.2, 0.25) is 0 Å². The molecule has 0 bridgehead atoms. The van der Waals surface area contributed by atoms with Crippen molar-refractivity contribution >= 4 is 0 Å². The average Bonchev–Trinajstić information content (AvgIpc) is 2.03. The van der Waals surface area contributed by atoms with Gasteiger partial charge in [0.05, 0.1) is 0 Å². The van der Waals surface area contributed by atoms with E-state index in [-0.39, 0.29) is 5.76 Å². The fourth-order valence-electron chi connectivity index (χ4n) is 0.408. The zero-order valence-corrected chi connectivity index (χ0v) is 8.61. The van der Waals surface area contributed by atoms with Crippen LogP contribution in [0, 0.1) is 0 Å². The normalized spacial score (nSPS) is 13.0. The lowest BCUT2D eigenvalue weighted by molar-refractivity contribution is 0.392. The molecular weight excluding hydrogens is 155 g/mol. The maximum absolute atomic E-state index is 12.1. The summed E-state index contributed by atoms with van der Waals surface area (Å²) < 4.78 is 12.1. The van der Waals surface area contributed by atoms with Crippen LogP contribution in [0.1, 0.15) is 41.0 Å². The van der Waals surface area contributed by atoms with E-state index >= 15 is 0 Å². The number of rotatable bonds is 1. The Morgan fingerprint density at radius 3 is 1.75 bits per heavy atom. The molecule has 0 aliphatic heterocycles. The highest BCUT2D eigenvalue weighted by Crippen LogP contribution is 2.10. The van der Waals surface area contributed by atoms with Gasteiger partial charge in [-0.2, -0.15) is 0 Å². The molecule has 1 nitrogen and oxygen atoms in total. The Kier molecular flexibility index (Phi) is 9.54. The van der Waals surface area contributed by atoms with E-state index in [4.69, 9.17) is 5.11 Å². The third-order valence-electron chi connectivity index (χ3n) is 1.13. The maximum atomic E-state index is 12.1. The molecule has 0 aliphatic carbocycles. The molecule has 0 aromatic carbocycles. The van der Waals surface area contributed by atoms with Crippen molar-refractivity contribution in [3.05, 3.63) is 23.2 Å². The van der Waals surface area contributed by atoms with Crippen molar-refractivity contribution < 1.29 is 9.50 Å². The molecule has 0 aromatic heterocycles. The monoisotopic (exact) mass is 174 g/mol. The van der Waals surface area contributed by atoms with Crippen molar-refractivity contribution in [2.75, 3.05) is 0 Å². The van der Waals surface area contributed by atoms with E-state index in [1.807, 2.05) is 0 Å². The largest absolute Gasteiger partial charge is 0.505 e. The van der Waals surface area contributed by atoms with Crippen molar-refractivity contribution in [1.29, 1.82) is 0 Å². The number of aliphatic hydroxyl groups is 1. The Morgan fingerprint density at radius 1 is 1.33 bits per heavy atom. The van der Waals surface area contributed by atoms with Gasteiger partial charge < -0.3 is 5.11 Å². The quantitative estimate of drug-likeness (QED) is 0.468. The average molecular weight is 174 g/mol. The standard InChI is InChI=1S/C7H11FO.C3H8/c1-4-5(2)7(9)6(3)8;1-3-2/h4,9H,1-3H3;3H2,1-2H3/b5-4-,7-6-;. The van der Waals surface area contributed by atoms with Crippen LogP contribution in [0.15, 0.2) is 23.2 Å². The number of halogens is 1. The molecule has 0 atom stereocenters. The summed E-state index contributed by atoms with van der Waals surface area (Å²) in [5.74, 6) is -0.789. The molecule has 0 aromatic rings. The van der Waals surface area contributed by atoms with E-state index < -0.39 is 5.83 Å². The van der Waals surface area contributed by atoms with E-state index in [0.29, 0.717) is 5.57 Å². The first kappa shape index (κ1) is 13.8. The number of aliphatic hydroxyl groups excluding tert-OH is 1. The van der Waals surface area contributed by atoms with Gasteiger partial charge in [0.25, 0.3) is 0 Å². The molecule has 0 aliphatic rings. The number of hydrogen-bond donors (Lipinski definition) is 1. The number of hydrogen-bond acceptors (Lipinski definition) is 1. The molecule has 0 spiro atoms. The molecule has 0 amide bonds. The topological polar surface area (TPSA) is 20.2 Å². The van der Waals surface area contributed by atoms with Crippen LogP contribution in [-0.4, -0.2) is 5.11 Å². The van der Waals surface area contributed by atoms with E-state index in [1.54, 1.807) is 19.9 Å². The van der Waals surface area contributed by atoms with Gasteiger partial charge in [-0.1, -0.05) is 26.3 Å². The highest BCUT2D eigenvalue weighted by Gasteiger charge is 1.98. The first-order valence-corrected chi connectivity index (χ1v) is 4.19. The SMILES string of the molecule is C/C=C(C)\C(O)=C(/C)F.CCC. The molecule has 0 heterocycles. The predicted molar refractivity (Wildman–Crippen MR) is 51.8 cm³/mol. The van der Waals surface area contributed by atoms with Gasteiger partial charge in [0, 0.05) is 0 Å². The molecule has 0 saturated heterocycles. The Labute approximate surface area is 74.6 Å². The second-order valence-corrected chi connectivity index (χ2v) is 2.56. The summed E-state index contributed by atoms with van der Waals surface area (Å²) in [5, 5.41) is 8.83.